The maximum absolute atomic E-state index is 6.20. The zero-order chi connectivity index (χ0) is 21.1. The predicted molar refractivity (Wildman–Crippen MR) is 121 cm³/mol. The zero-order valence-corrected chi connectivity index (χ0v) is 17.9. The van der Waals surface area contributed by atoms with Crippen LogP contribution in [0.15, 0.2) is 52.4 Å². The molecule has 0 spiro atoms. The molecule has 10 heteroatoms. The number of ether oxygens (including phenoxy) is 2. The van der Waals surface area contributed by atoms with Crippen molar-refractivity contribution in [1.82, 2.24) is 4.90 Å². The molecule has 2 aliphatic heterocycles. The summed E-state index contributed by atoms with van der Waals surface area (Å²) >= 11 is 12.3. The van der Waals surface area contributed by atoms with Gasteiger partial charge in [0.25, 0.3) is 0 Å². The Balaban J connectivity index is 1.76. The van der Waals surface area contributed by atoms with Crippen molar-refractivity contribution in [3.63, 3.8) is 0 Å². The average Bonchev–Trinajstić information content (AvgIpc) is 2.76. The van der Waals surface area contributed by atoms with E-state index in [1.54, 1.807) is 19.2 Å². The summed E-state index contributed by atoms with van der Waals surface area (Å²) in [5.74, 6) is 1.54. The number of benzene rings is 2. The summed E-state index contributed by atoms with van der Waals surface area (Å²) in [5.41, 5.74) is 7.65. The standard InChI is InChI=1S/C20H22Cl2N6O2/c1-29-17-5-3-2-4-16(17)28-19(24-13-6-7-14(21)15(22)12-13)25-18(23)26-20(28)27-8-10-30-11-9-27/h2-7,12,19,24H,8-11H2,1H3,(H2,23,25). The number of methoxy groups -OCH3 is 1. The van der Waals surface area contributed by atoms with Gasteiger partial charge in [-0.15, -0.1) is 0 Å². The molecule has 158 valence electrons. The van der Waals surface area contributed by atoms with E-state index in [2.05, 4.69) is 20.2 Å². The number of hydrogen-bond donors (Lipinski definition) is 2. The topological polar surface area (TPSA) is 87.7 Å². The Morgan fingerprint density at radius 1 is 1.13 bits per heavy atom. The van der Waals surface area contributed by atoms with Crippen LogP contribution < -0.4 is 20.7 Å². The number of rotatable bonds is 4. The third kappa shape index (κ3) is 4.26. The Morgan fingerprint density at radius 3 is 2.63 bits per heavy atom. The minimum atomic E-state index is -0.575. The van der Waals surface area contributed by atoms with Gasteiger partial charge in [0.1, 0.15) is 5.75 Å². The first-order chi connectivity index (χ1) is 14.6. The molecule has 4 rings (SSSR count). The van der Waals surface area contributed by atoms with Gasteiger partial charge in [0.05, 0.1) is 36.1 Å². The molecule has 1 atom stereocenters. The number of guanidine groups is 2. The van der Waals surface area contributed by atoms with Crippen LogP contribution in [0.3, 0.4) is 0 Å². The lowest BCUT2D eigenvalue weighted by Gasteiger charge is -2.41. The van der Waals surface area contributed by atoms with Crippen molar-refractivity contribution in [3.8, 4) is 5.75 Å². The van der Waals surface area contributed by atoms with E-state index in [1.165, 1.54) is 0 Å². The fourth-order valence-electron chi connectivity index (χ4n) is 3.36. The monoisotopic (exact) mass is 448 g/mol. The zero-order valence-electron chi connectivity index (χ0n) is 16.4. The summed E-state index contributed by atoms with van der Waals surface area (Å²) in [6.07, 6.45) is -0.575. The molecule has 2 heterocycles. The largest absolute Gasteiger partial charge is 0.495 e. The average molecular weight is 449 g/mol. The van der Waals surface area contributed by atoms with Gasteiger partial charge < -0.3 is 25.4 Å². The first-order valence-corrected chi connectivity index (χ1v) is 10.2. The Kier molecular flexibility index (Phi) is 6.17. The Bertz CT molecular complexity index is 978. The molecule has 30 heavy (non-hydrogen) atoms. The SMILES string of the molecule is COc1ccccc1N1C(N2CCOCC2)=NC(N)=NC1Nc1ccc(Cl)c(Cl)c1. The number of nitrogens with two attached hydrogens (primary N) is 1. The number of morpholine rings is 1. The number of para-hydroxylation sites is 2. The second-order valence-electron chi connectivity index (χ2n) is 6.69. The van der Waals surface area contributed by atoms with Gasteiger partial charge in [0.2, 0.25) is 18.2 Å². The lowest BCUT2D eigenvalue weighted by molar-refractivity contribution is 0.0671. The quantitative estimate of drug-likeness (QED) is 0.746. The molecule has 3 N–H and O–H groups in total. The van der Waals surface area contributed by atoms with Crippen molar-refractivity contribution >= 4 is 46.5 Å². The van der Waals surface area contributed by atoms with Crippen LogP contribution in [0, 0.1) is 0 Å². The maximum Gasteiger partial charge on any atom is 0.222 e. The molecule has 1 fully saturated rings. The molecule has 1 unspecified atom stereocenters. The minimum absolute atomic E-state index is 0.181. The lowest BCUT2D eigenvalue weighted by Crippen LogP contribution is -2.57. The summed E-state index contributed by atoms with van der Waals surface area (Å²) in [5, 5.41) is 4.29. The predicted octanol–water partition coefficient (Wildman–Crippen LogP) is 3.22. The van der Waals surface area contributed by atoms with Crippen molar-refractivity contribution in [2.45, 2.75) is 6.29 Å². The highest BCUT2D eigenvalue weighted by Crippen LogP contribution is 2.33. The molecule has 0 radical (unpaired) electrons. The molecular formula is C20H22Cl2N6O2. The number of nitrogens with zero attached hydrogens (tertiary/aromatic N) is 4. The highest BCUT2D eigenvalue weighted by Gasteiger charge is 2.33. The summed E-state index contributed by atoms with van der Waals surface area (Å²) in [4.78, 5) is 13.2. The highest BCUT2D eigenvalue weighted by atomic mass is 35.5. The molecule has 0 saturated carbocycles. The number of halogens is 2. The van der Waals surface area contributed by atoms with Gasteiger partial charge in [-0.1, -0.05) is 35.3 Å². The molecule has 8 nitrogen and oxygen atoms in total. The van der Waals surface area contributed by atoms with Crippen molar-refractivity contribution in [2.24, 2.45) is 15.7 Å². The summed E-state index contributed by atoms with van der Waals surface area (Å²) in [7, 11) is 1.63. The van der Waals surface area contributed by atoms with E-state index in [0.717, 1.165) is 11.4 Å². The summed E-state index contributed by atoms with van der Waals surface area (Å²) in [6, 6.07) is 13.0. The molecule has 0 aromatic heterocycles. The van der Waals surface area contributed by atoms with Crippen molar-refractivity contribution < 1.29 is 9.47 Å². The van der Waals surface area contributed by atoms with Crippen LogP contribution in [0.2, 0.25) is 10.0 Å². The fraction of sp³-hybridized carbons (Fsp3) is 0.300. The van der Waals surface area contributed by atoms with Crippen molar-refractivity contribution in [2.75, 3.05) is 43.6 Å². The molecule has 0 aliphatic carbocycles. The van der Waals surface area contributed by atoms with E-state index in [-0.39, 0.29) is 5.96 Å². The minimum Gasteiger partial charge on any atom is -0.495 e. The Hall–Kier alpha value is -2.68. The molecule has 2 aromatic carbocycles. The van der Waals surface area contributed by atoms with Gasteiger partial charge in [-0.25, -0.2) is 4.99 Å². The van der Waals surface area contributed by atoms with Crippen LogP contribution in [0.1, 0.15) is 0 Å². The van der Waals surface area contributed by atoms with Crippen molar-refractivity contribution in [1.29, 1.82) is 0 Å². The van der Waals surface area contributed by atoms with E-state index in [9.17, 15) is 0 Å². The van der Waals surface area contributed by atoms with Gasteiger partial charge in [-0.2, -0.15) is 4.99 Å². The first-order valence-electron chi connectivity index (χ1n) is 9.45. The highest BCUT2D eigenvalue weighted by molar-refractivity contribution is 6.42. The van der Waals surface area contributed by atoms with E-state index in [4.69, 9.17) is 38.4 Å². The first kappa shape index (κ1) is 20.6. The van der Waals surface area contributed by atoms with Gasteiger partial charge >= 0.3 is 0 Å². The molecule has 1 saturated heterocycles. The summed E-state index contributed by atoms with van der Waals surface area (Å²) in [6.45, 7) is 2.61. The summed E-state index contributed by atoms with van der Waals surface area (Å²) < 4.78 is 11.1. The second-order valence-corrected chi connectivity index (χ2v) is 7.50. The number of anilines is 2. The Morgan fingerprint density at radius 2 is 1.90 bits per heavy atom. The van der Waals surface area contributed by atoms with E-state index in [0.29, 0.717) is 48.1 Å². The lowest BCUT2D eigenvalue weighted by atomic mass is 10.2. The van der Waals surface area contributed by atoms with Crippen molar-refractivity contribution in [3.05, 3.63) is 52.5 Å². The normalized spacial score (nSPS) is 19.2. The number of aliphatic imine (C=N–C) groups is 2. The second kappa shape index (κ2) is 8.99. The molecular weight excluding hydrogens is 427 g/mol. The van der Waals surface area contributed by atoms with Gasteiger partial charge in [0, 0.05) is 18.8 Å². The van der Waals surface area contributed by atoms with Gasteiger partial charge in [-0.05, 0) is 30.3 Å². The third-order valence-corrected chi connectivity index (χ3v) is 5.52. The van der Waals surface area contributed by atoms with Gasteiger partial charge in [-0.3, -0.25) is 4.90 Å². The molecule has 2 aliphatic rings. The van der Waals surface area contributed by atoms with Crippen LogP contribution in [-0.4, -0.2) is 56.5 Å². The van der Waals surface area contributed by atoms with E-state index >= 15 is 0 Å². The van der Waals surface area contributed by atoms with E-state index < -0.39 is 6.29 Å². The van der Waals surface area contributed by atoms with E-state index in [1.807, 2.05) is 35.2 Å². The molecule has 2 aromatic rings. The number of hydrogen-bond acceptors (Lipinski definition) is 8. The van der Waals surface area contributed by atoms with Crippen LogP contribution >= 0.6 is 23.2 Å². The van der Waals surface area contributed by atoms with Crippen LogP contribution in [0.5, 0.6) is 5.75 Å². The fourth-order valence-corrected chi connectivity index (χ4v) is 3.66. The smallest absolute Gasteiger partial charge is 0.222 e. The molecule has 0 amide bonds. The maximum atomic E-state index is 6.20. The third-order valence-electron chi connectivity index (χ3n) is 4.78. The van der Waals surface area contributed by atoms with Crippen LogP contribution in [0.4, 0.5) is 11.4 Å². The van der Waals surface area contributed by atoms with Gasteiger partial charge in [0.15, 0.2) is 0 Å². The van der Waals surface area contributed by atoms with Crippen LogP contribution in [-0.2, 0) is 4.74 Å². The molecule has 0 bridgehead atoms. The van der Waals surface area contributed by atoms with Crippen LogP contribution in [0.25, 0.3) is 0 Å². The Labute approximate surface area is 184 Å². The number of nitrogens with one attached hydrogen (secondary N) is 1.